The molecule has 0 N–H and O–H groups in total. The molecule has 10 rings (SSSR count). The summed E-state index contributed by atoms with van der Waals surface area (Å²) in [5, 5.41) is 9.98. The molecule has 0 amide bonds. The molecule has 0 spiro atoms. The summed E-state index contributed by atoms with van der Waals surface area (Å²) in [5.41, 5.74) is 9.39. The third kappa shape index (κ3) is 4.65. The molecule has 50 heavy (non-hydrogen) atoms. The lowest BCUT2D eigenvalue weighted by Gasteiger charge is -2.27. The van der Waals surface area contributed by atoms with Gasteiger partial charge >= 0.3 is 0 Å². The molecule has 1 heterocycles. The highest BCUT2D eigenvalue weighted by Gasteiger charge is 2.17. The maximum absolute atomic E-state index is 2.40. The molecule has 0 aliphatic heterocycles. The Morgan fingerprint density at radius 3 is 1.64 bits per heavy atom. The average Bonchev–Trinajstić information content (AvgIpc) is 3.50. The fraction of sp³-hybridized carbons (Fsp3) is 0. The number of benzene rings is 9. The summed E-state index contributed by atoms with van der Waals surface area (Å²) in [5.74, 6) is 0. The molecule has 2 heteroatoms. The standard InChI is InChI=1S/C48H32N2/c1-2-12-37-30-42(29-24-33(37)10-1)49(46-19-9-15-36-11-5-6-16-43(36)46)40-25-20-34(21-26-40)35-22-27-41(28-23-35)50-47-18-8-7-17-44(47)45-31-38-13-3-4-14-39(38)32-48(45)50/h1-32H. The first-order valence-corrected chi connectivity index (χ1v) is 17.2. The van der Waals surface area contributed by atoms with Crippen LogP contribution in [0.25, 0.3) is 70.9 Å². The van der Waals surface area contributed by atoms with Crippen LogP contribution in [0.15, 0.2) is 194 Å². The van der Waals surface area contributed by atoms with Crippen LogP contribution in [0, 0.1) is 0 Å². The molecule has 0 radical (unpaired) electrons. The summed E-state index contributed by atoms with van der Waals surface area (Å²) >= 11 is 0. The van der Waals surface area contributed by atoms with Gasteiger partial charge in [-0.05, 0) is 98.7 Å². The number of aromatic nitrogens is 1. The minimum Gasteiger partial charge on any atom is -0.310 e. The van der Waals surface area contributed by atoms with Crippen LogP contribution < -0.4 is 4.90 Å². The van der Waals surface area contributed by atoms with Crippen molar-refractivity contribution in [3.05, 3.63) is 194 Å². The first-order valence-electron chi connectivity index (χ1n) is 17.2. The van der Waals surface area contributed by atoms with E-state index in [1.54, 1.807) is 0 Å². The number of anilines is 3. The Hall–Kier alpha value is -6.64. The van der Waals surface area contributed by atoms with Crippen LogP contribution in [0.2, 0.25) is 0 Å². The van der Waals surface area contributed by atoms with Crippen molar-refractivity contribution in [2.75, 3.05) is 4.90 Å². The van der Waals surface area contributed by atoms with E-state index in [0.29, 0.717) is 0 Å². The van der Waals surface area contributed by atoms with E-state index in [1.165, 1.54) is 65.3 Å². The zero-order valence-corrected chi connectivity index (χ0v) is 27.4. The predicted molar refractivity (Wildman–Crippen MR) is 213 cm³/mol. The van der Waals surface area contributed by atoms with Gasteiger partial charge in [0.25, 0.3) is 0 Å². The molecule has 10 aromatic rings. The highest BCUT2D eigenvalue weighted by molar-refractivity contribution is 6.13. The van der Waals surface area contributed by atoms with Crippen LogP contribution in [0.5, 0.6) is 0 Å². The molecule has 0 unspecified atom stereocenters. The highest BCUT2D eigenvalue weighted by Crippen LogP contribution is 2.41. The quantitative estimate of drug-likeness (QED) is 0.182. The number of hydrogen-bond acceptors (Lipinski definition) is 1. The summed E-state index contributed by atoms with van der Waals surface area (Å²) in [4.78, 5) is 2.38. The second-order valence-corrected chi connectivity index (χ2v) is 13.0. The van der Waals surface area contributed by atoms with Crippen molar-refractivity contribution >= 4 is 71.2 Å². The number of nitrogens with zero attached hydrogens (tertiary/aromatic N) is 2. The van der Waals surface area contributed by atoms with Crippen LogP contribution in [0.3, 0.4) is 0 Å². The molecule has 1 aromatic heterocycles. The summed E-state index contributed by atoms with van der Waals surface area (Å²) in [6, 6.07) is 70.5. The Labute approximate surface area is 290 Å². The van der Waals surface area contributed by atoms with Gasteiger partial charge in [-0.2, -0.15) is 0 Å². The van der Waals surface area contributed by atoms with Crippen molar-refractivity contribution in [3.63, 3.8) is 0 Å². The summed E-state index contributed by atoms with van der Waals surface area (Å²) < 4.78 is 2.40. The summed E-state index contributed by atoms with van der Waals surface area (Å²) in [6.45, 7) is 0. The van der Waals surface area contributed by atoms with Gasteiger partial charge in [0.1, 0.15) is 0 Å². The maximum Gasteiger partial charge on any atom is 0.0547 e. The van der Waals surface area contributed by atoms with E-state index in [2.05, 4.69) is 204 Å². The van der Waals surface area contributed by atoms with E-state index in [-0.39, 0.29) is 0 Å². The lowest BCUT2D eigenvalue weighted by Crippen LogP contribution is -2.10. The molecular formula is C48H32N2. The van der Waals surface area contributed by atoms with Gasteiger partial charge < -0.3 is 9.47 Å². The minimum absolute atomic E-state index is 1.12. The van der Waals surface area contributed by atoms with Crippen molar-refractivity contribution in [1.82, 2.24) is 4.57 Å². The van der Waals surface area contributed by atoms with Gasteiger partial charge in [0.15, 0.2) is 0 Å². The lowest BCUT2D eigenvalue weighted by molar-refractivity contribution is 1.18. The molecule has 2 nitrogen and oxygen atoms in total. The van der Waals surface area contributed by atoms with Crippen molar-refractivity contribution in [3.8, 4) is 16.8 Å². The fourth-order valence-electron chi connectivity index (χ4n) is 7.69. The van der Waals surface area contributed by atoms with Gasteiger partial charge in [0.05, 0.1) is 16.7 Å². The number of rotatable bonds is 5. The third-order valence-corrected chi connectivity index (χ3v) is 10.1. The van der Waals surface area contributed by atoms with Crippen LogP contribution in [-0.4, -0.2) is 4.57 Å². The van der Waals surface area contributed by atoms with Crippen molar-refractivity contribution in [2.24, 2.45) is 0 Å². The molecule has 0 atom stereocenters. The average molecular weight is 637 g/mol. The Bertz CT molecular complexity index is 2860. The Kier molecular flexibility index (Phi) is 6.53. The first-order chi connectivity index (χ1) is 24.8. The van der Waals surface area contributed by atoms with Crippen molar-refractivity contribution < 1.29 is 0 Å². The molecule has 9 aromatic carbocycles. The maximum atomic E-state index is 2.40. The van der Waals surface area contributed by atoms with Gasteiger partial charge in [0.2, 0.25) is 0 Å². The molecule has 0 aliphatic carbocycles. The van der Waals surface area contributed by atoms with Gasteiger partial charge in [-0.15, -0.1) is 0 Å². The Balaban J connectivity index is 1.05. The largest absolute Gasteiger partial charge is 0.310 e. The topological polar surface area (TPSA) is 8.17 Å². The van der Waals surface area contributed by atoms with Gasteiger partial charge in [-0.25, -0.2) is 0 Å². The number of hydrogen-bond donors (Lipinski definition) is 0. The second-order valence-electron chi connectivity index (χ2n) is 13.0. The van der Waals surface area contributed by atoms with Gasteiger partial charge in [0, 0.05) is 33.2 Å². The Morgan fingerprint density at radius 2 is 0.880 bits per heavy atom. The van der Waals surface area contributed by atoms with Gasteiger partial charge in [-0.1, -0.05) is 133 Å². The Morgan fingerprint density at radius 1 is 0.320 bits per heavy atom. The van der Waals surface area contributed by atoms with E-state index in [9.17, 15) is 0 Å². The molecule has 0 aliphatic rings. The smallest absolute Gasteiger partial charge is 0.0547 e. The predicted octanol–water partition coefficient (Wildman–Crippen LogP) is 13.4. The molecular weight excluding hydrogens is 605 g/mol. The highest BCUT2D eigenvalue weighted by atomic mass is 15.1. The zero-order chi connectivity index (χ0) is 33.0. The SMILES string of the molecule is c1ccc2cc(N(c3ccc(-c4ccc(-n5c6ccccc6c6cc7ccccc7cc65)cc4)cc3)c3cccc4ccccc34)ccc2c1. The fourth-order valence-corrected chi connectivity index (χ4v) is 7.69. The molecule has 0 saturated heterocycles. The summed E-state index contributed by atoms with van der Waals surface area (Å²) in [6.07, 6.45) is 0. The minimum atomic E-state index is 1.12. The van der Waals surface area contributed by atoms with Gasteiger partial charge in [-0.3, -0.25) is 0 Å². The third-order valence-electron chi connectivity index (χ3n) is 10.1. The molecule has 234 valence electrons. The van der Waals surface area contributed by atoms with E-state index in [4.69, 9.17) is 0 Å². The van der Waals surface area contributed by atoms with Crippen LogP contribution in [0.4, 0.5) is 17.1 Å². The van der Waals surface area contributed by atoms with Crippen molar-refractivity contribution in [2.45, 2.75) is 0 Å². The molecule has 0 saturated carbocycles. The molecule has 0 bridgehead atoms. The zero-order valence-electron chi connectivity index (χ0n) is 27.4. The van der Waals surface area contributed by atoms with E-state index < -0.39 is 0 Å². The second kappa shape index (κ2) is 11.5. The number of para-hydroxylation sites is 1. The summed E-state index contributed by atoms with van der Waals surface area (Å²) in [7, 11) is 0. The first kappa shape index (κ1) is 28.4. The number of fused-ring (bicyclic) bond motifs is 6. The van der Waals surface area contributed by atoms with Crippen molar-refractivity contribution in [1.29, 1.82) is 0 Å². The lowest BCUT2D eigenvalue weighted by atomic mass is 10.0. The monoisotopic (exact) mass is 636 g/mol. The molecule has 0 fully saturated rings. The van der Waals surface area contributed by atoms with Crippen LogP contribution >= 0.6 is 0 Å². The normalized spacial score (nSPS) is 11.6. The van der Waals surface area contributed by atoms with E-state index in [0.717, 1.165) is 22.7 Å². The van der Waals surface area contributed by atoms with E-state index >= 15 is 0 Å². The van der Waals surface area contributed by atoms with Crippen LogP contribution in [0.1, 0.15) is 0 Å². The van der Waals surface area contributed by atoms with Crippen LogP contribution in [-0.2, 0) is 0 Å². The van der Waals surface area contributed by atoms with E-state index in [1.807, 2.05) is 0 Å².